The molecule has 1 aliphatic heterocycles. The molecule has 0 aliphatic carbocycles. The van der Waals surface area contributed by atoms with Gasteiger partial charge < -0.3 is 14.7 Å². The molecule has 23 heavy (non-hydrogen) atoms. The number of rotatable bonds is 4. The van der Waals surface area contributed by atoms with E-state index in [0.717, 1.165) is 43.2 Å². The van der Waals surface area contributed by atoms with Crippen molar-refractivity contribution in [2.24, 2.45) is 0 Å². The third kappa shape index (κ3) is 3.56. The number of phenols is 1. The molecular weight excluding hydrogens is 295 g/mol. The van der Waals surface area contributed by atoms with E-state index in [1.165, 1.54) is 12.1 Å². The highest BCUT2D eigenvalue weighted by Gasteiger charge is 2.20. The lowest BCUT2D eigenvalue weighted by atomic mass is 10.1. The molecule has 1 N–H and O–H groups in total. The second-order valence-corrected chi connectivity index (χ2v) is 5.71. The summed E-state index contributed by atoms with van der Waals surface area (Å²) in [5.74, 6) is 0.788. The summed E-state index contributed by atoms with van der Waals surface area (Å²) in [6.07, 6.45) is 0. The van der Waals surface area contributed by atoms with Crippen molar-refractivity contribution >= 4 is 5.69 Å². The molecule has 0 saturated carbocycles. The number of para-hydroxylation sites is 2. The molecule has 122 valence electrons. The maximum atomic E-state index is 13.5. The predicted octanol–water partition coefficient (Wildman–Crippen LogP) is 2.86. The Hall–Kier alpha value is -2.27. The van der Waals surface area contributed by atoms with E-state index in [0.29, 0.717) is 12.3 Å². The number of phenolic OH excluding ortho intramolecular Hbond substituents is 1. The summed E-state index contributed by atoms with van der Waals surface area (Å²) in [7, 11) is 1.60. The molecule has 2 aromatic carbocycles. The Bertz CT molecular complexity index is 670. The minimum absolute atomic E-state index is 0.242. The van der Waals surface area contributed by atoms with Crippen LogP contribution in [0, 0.1) is 5.82 Å². The van der Waals surface area contributed by atoms with Crippen molar-refractivity contribution in [3.05, 3.63) is 53.8 Å². The Morgan fingerprint density at radius 1 is 1.09 bits per heavy atom. The van der Waals surface area contributed by atoms with Crippen LogP contribution in [-0.2, 0) is 6.54 Å². The molecule has 0 unspecified atom stereocenters. The second kappa shape index (κ2) is 6.87. The molecule has 0 atom stereocenters. The van der Waals surface area contributed by atoms with Gasteiger partial charge in [0, 0.05) is 38.3 Å². The number of anilines is 1. The zero-order valence-corrected chi connectivity index (χ0v) is 13.2. The average molecular weight is 316 g/mol. The molecule has 0 aromatic heterocycles. The van der Waals surface area contributed by atoms with Crippen LogP contribution in [0.3, 0.4) is 0 Å². The van der Waals surface area contributed by atoms with Gasteiger partial charge in [0.25, 0.3) is 0 Å². The van der Waals surface area contributed by atoms with Crippen LogP contribution in [0.15, 0.2) is 42.5 Å². The molecule has 4 nitrogen and oxygen atoms in total. The number of piperazine rings is 1. The van der Waals surface area contributed by atoms with Gasteiger partial charge in [0.1, 0.15) is 17.3 Å². The van der Waals surface area contributed by atoms with Crippen molar-refractivity contribution in [1.29, 1.82) is 0 Å². The lowest BCUT2D eigenvalue weighted by Gasteiger charge is -2.36. The van der Waals surface area contributed by atoms with E-state index < -0.39 is 0 Å². The van der Waals surface area contributed by atoms with Gasteiger partial charge in [-0.05, 0) is 30.3 Å². The van der Waals surface area contributed by atoms with Gasteiger partial charge in [0.15, 0.2) is 0 Å². The van der Waals surface area contributed by atoms with E-state index in [2.05, 4.69) is 9.80 Å². The molecule has 0 amide bonds. The molecule has 0 radical (unpaired) electrons. The first-order valence-corrected chi connectivity index (χ1v) is 7.75. The smallest absolute Gasteiger partial charge is 0.138 e. The maximum absolute atomic E-state index is 13.5. The minimum Gasteiger partial charge on any atom is -0.506 e. The highest BCUT2D eigenvalue weighted by atomic mass is 19.1. The van der Waals surface area contributed by atoms with Crippen molar-refractivity contribution in [2.75, 3.05) is 38.2 Å². The van der Waals surface area contributed by atoms with Crippen LogP contribution in [0.1, 0.15) is 5.56 Å². The number of hydrogen-bond acceptors (Lipinski definition) is 4. The Labute approximate surface area is 135 Å². The van der Waals surface area contributed by atoms with E-state index in [1.54, 1.807) is 19.2 Å². The van der Waals surface area contributed by atoms with Crippen molar-refractivity contribution in [1.82, 2.24) is 4.90 Å². The fraction of sp³-hybridized carbons (Fsp3) is 0.333. The van der Waals surface area contributed by atoms with Crippen LogP contribution < -0.4 is 9.64 Å². The summed E-state index contributed by atoms with van der Waals surface area (Å²) in [5.41, 5.74) is 1.74. The number of nitrogens with zero attached hydrogens (tertiary/aromatic N) is 2. The molecule has 0 spiro atoms. The summed E-state index contributed by atoms with van der Waals surface area (Å²) in [4.78, 5) is 4.45. The normalized spacial score (nSPS) is 15.7. The van der Waals surface area contributed by atoms with Crippen molar-refractivity contribution in [2.45, 2.75) is 6.54 Å². The topological polar surface area (TPSA) is 35.9 Å². The summed E-state index contributed by atoms with van der Waals surface area (Å²) >= 11 is 0. The summed E-state index contributed by atoms with van der Waals surface area (Å²) in [5, 5.41) is 9.95. The van der Waals surface area contributed by atoms with Gasteiger partial charge in [-0.25, -0.2) is 4.39 Å². The number of methoxy groups -OCH3 is 1. The van der Waals surface area contributed by atoms with E-state index in [9.17, 15) is 9.50 Å². The van der Waals surface area contributed by atoms with E-state index in [1.807, 2.05) is 18.2 Å². The first-order chi connectivity index (χ1) is 11.2. The summed E-state index contributed by atoms with van der Waals surface area (Å²) in [6, 6.07) is 12.0. The molecule has 2 aromatic rings. The lowest BCUT2D eigenvalue weighted by molar-refractivity contribution is 0.245. The fourth-order valence-corrected chi connectivity index (χ4v) is 2.99. The van der Waals surface area contributed by atoms with Gasteiger partial charge in [-0.2, -0.15) is 0 Å². The van der Waals surface area contributed by atoms with Gasteiger partial charge in [-0.1, -0.05) is 12.1 Å². The van der Waals surface area contributed by atoms with Gasteiger partial charge >= 0.3 is 0 Å². The number of hydrogen-bond donors (Lipinski definition) is 1. The number of ether oxygens (including phenoxy) is 1. The standard InChI is InChI=1S/C18H21FN2O2/c1-23-18-7-6-15(19)12-14(18)13-20-8-10-21(11-9-20)16-4-2-3-5-17(16)22/h2-7,12,22H,8-11,13H2,1H3. The first kappa shape index (κ1) is 15.6. The van der Waals surface area contributed by atoms with Crippen LogP contribution >= 0.6 is 0 Å². The highest BCUT2D eigenvalue weighted by Crippen LogP contribution is 2.28. The number of aromatic hydroxyl groups is 1. The average Bonchev–Trinajstić information content (AvgIpc) is 2.56. The molecule has 0 bridgehead atoms. The van der Waals surface area contributed by atoms with Crippen LogP contribution in [0.5, 0.6) is 11.5 Å². The minimum atomic E-state index is -0.242. The molecule has 1 heterocycles. The molecule has 3 rings (SSSR count). The first-order valence-electron chi connectivity index (χ1n) is 7.75. The van der Waals surface area contributed by atoms with Crippen LogP contribution in [0.2, 0.25) is 0 Å². The zero-order valence-electron chi connectivity index (χ0n) is 13.2. The quantitative estimate of drug-likeness (QED) is 0.941. The third-order valence-electron chi connectivity index (χ3n) is 4.23. The van der Waals surface area contributed by atoms with E-state index in [-0.39, 0.29) is 5.82 Å². The number of benzene rings is 2. The number of halogens is 1. The van der Waals surface area contributed by atoms with Crippen LogP contribution in [-0.4, -0.2) is 43.3 Å². The SMILES string of the molecule is COc1ccc(F)cc1CN1CCN(c2ccccc2O)CC1. The monoisotopic (exact) mass is 316 g/mol. The maximum Gasteiger partial charge on any atom is 0.138 e. The van der Waals surface area contributed by atoms with Gasteiger partial charge in [0.05, 0.1) is 12.8 Å². The molecule has 5 heteroatoms. The van der Waals surface area contributed by atoms with Gasteiger partial charge in [0.2, 0.25) is 0 Å². The molecule has 1 saturated heterocycles. The Balaban J connectivity index is 1.64. The Morgan fingerprint density at radius 3 is 2.52 bits per heavy atom. The van der Waals surface area contributed by atoms with Crippen LogP contribution in [0.4, 0.5) is 10.1 Å². The Kier molecular flexibility index (Phi) is 4.67. The van der Waals surface area contributed by atoms with Crippen molar-refractivity contribution < 1.29 is 14.2 Å². The van der Waals surface area contributed by atoms with Gasteiger partial charge in [-0.3, -0.25) is 4.90 Å². The highest BCUT2D eigenvalue weighted by molar-refractivity contribution is 5.57. The van der Waals surface area contributed by atoms with E-state index >= 15 is 0 Å². The van der Waals surface area contributed by atoms with E-state index in [4.69, 9.17) is 4.74 Å². The van der Waals surface area contributed by atoms with Crippen molar-refractivity contribution in [3.63, 3.8) is 0 Å². The fourth-order valence-electron chi connectivity index (χ4n) is 2.99. The Morgan fingerprint density at radius 2 is 1.83 bits per heavy atom. The molecular formula is C18H21FN2O2. The molecule has 1 aliphatic rings. The largest absolute Gasteiger partial charge is 0.506 e. The second-order valence-electron chi connectivity index (χ2n) is 5.71. The van der Waals surface area contributed by atoms with Gasteiger partial charge in [-0.15, -0.1) is 0 Å². The zero-order chi connectivity index (χ0) is 16.2. The summed E-state index contributed by atoms with van der Waals surface area (Å²) < 4.78 is 18.8. The van der Waals surface area contributed by atoms with Crippen LogP contribution in [0.25, 0.3) is 0 Å². The summed E-state index contributed by atoms with van der Waals surface area (Å²) in [6.45, 7) is 4.03. The molecule has 1 fully saturated rings. The lowest BCUT2D eigenvalue weighted by Crippen LogP contribution is -2.46. The van der Waals surface area contributed by atoms with Crippen molar-refractivity contribution in [3.8, 4) is 11.5 Å². The third-order valence-corrected chi connectivity index (χ3v) is 4.23. The predicted molar refractivity (Wildman–Crippen MR) is 88.5 cm³/mol.